The summed E-state index contributed by atoms with van der Waals surface area (Å²) in [5.74, 6) is -0.833. The molecule has 0 unspecified atom stereocenters. The third-order valence-corrected chi connectivity index (χ3v) is 2.92. The van der Waals surface area contributed by atoms with Gasteiger partial charge in [0.25, 0.3) is 5.97 Å². The number of carboxylic acids is 1. The third kappa shape index (κ3) is 13.3. The first-order valence-electron chi connectivity index (χ1n) is 8.61. The Labute approximate surface area is 155 Å². The quantitative estimate of drug-likeness (QED) is 0.635. The lowest BCUT2D eigenvalue weighted by molar-refractivity contribution is -0.134. The molecule has 1 aliphatic rings. The van der Waals surface area contributed by atoms with E-state index in [4.69, 9.17) is 19.4 Å². The van der Waals surface area contributed by atoms with Crippen LogP contribution >= 0.6 is 0 Å². The number of carboxylic acid groups (broad SMARTS) is 1. The maximum atomic E-state index is 11.9. The highest BCUT2D eigenvalue weighted by atomic mass is 16.6. The molecule has 1 rings (SSSR count). The highest BCUT2D eigenvalue weighted by Crippen LogP contribution is 2.15. The van der Waals surface area contributed by atoms with Crippen molar-refractivity contribution in [2.75, 3.05) is 13.1 Å². The van der Waals surface area contributed by atoms with Crippen LogP contribution in [0.5, 0.6) is 0 Å². The van der Waals surface area contributed by atoms with E-state index in [-0.39, 0.29) is 12.1 Å². The van der Waals surface area contributed by atoms with Crippen LogP contribution in [0.25, 0.3) is 0 Å². The molecule has 9 nitrogen and oxygen atoms in total. The number of rotatable bonds is 2. The number of hydrazine groups is 1. The first-order valence-corrected chi connectivity index (χ1v) is 8.61. The van der Waals surface area contributed by atoms with Crippen LogP contribution in [0.15, 0.2) is 0 Å². The highest BCUT2D eigenvalue weighted by Gasteiger charge is 2.27. The van der Waals surface area contributed by atoms with Crippen molar-refractivity contribution in [1.82, 2.24) is 15.8 Å². The Bertz CT molecular complexity index is 470. The van der Waals surface area contributed by atoms with Gasteiger partial charge in [0, 0.05) is 26.1 Å². The summed E-state index contributed by atoms with van der Waals surface area (Å²) >= 11 is 0. The number of carbonyl (C=O) groups is 3. The van der Waals surface area contributed by atoms with Crippen molar-refractivity contribution in [3.05, 3.63) is 0 Å². The van der Waals surface area contributed by atoms with E-state index in [1.165, 1.54) is 0 Å². The highest BCUT2D eigenvalue weighted by molar-refractivity contribution is 5.68. The minimum absolute atomic E-state index is 0.117. The molecule has 152 valence electrons. The topological polar surface area (TPSA) is 117 Å². The molecule has 0 aromatic rings. The summed E-state index contributed by atoms with van der Waals surface area (Å²) in [6.45, 7) is 13.3. The fourth-order valence-corrected chi connectivity index (χ4v) is 2.00. The number of carbonyl (C=O) groups excluding carboxylic acids is 2. The monoisotopic (exact) mass is 375 g/mol. The van der Waals surface area contributed by atoms with Gasteiger partial charge in [0.05, 0.1) is 0 Å². The molecule has 0 saturated carbocycles. The largest absolute Gasteiger partial charge is 0.481 e. The minimum Gasteiger partial charge on any atom is -0.481 e. The van der Waals surface area contributed by atoms with Crippen molar-refractivity contribution in [1.29, 1.82) is 0 Å². The number of hydrogen-bond acceptors (Lipinski definition) is 6. The Kier molecular flexibility index (Phi) is 9.40. The van der Waals surface area contributed by atoms with Gasteiger partial charge in [-0.05, 0) is 54.4 Å². The number of likely N-dealkylation sites (tertiary alicyclic amines) is 1. The van der Waals surface area contributed by atoms with E-state index in [1.54, 1.807) is 4.90 Å². The van der Waals surface area contributed by atoms with Crippen LogP contribution in [0.1, 0.15) is 61.3 Å². The number of amides is 2. The summed E-state index contributed by atoms with van der Waals surface area (Å²) < 4.78 is 10.5. The van der Waals surface area contributed by atoms with E-state index in [9.17, 15) is 9.59 Å². The van der Waals surface area contributed by atoms with Gasteiger partial charge in [-0.3, -0.25) is 10.2 Å². The van der Waals surface area contributed by atoms with Crippen LogP contribution < -0.4 is 10.9 Å². The van der Waals surface area contributed by atoms with E-state index in [1.807, 2.05) is 41.5 Å². The first kappa shape index (κ1) is 24.0. The van der Waals surface area contributed by atoms with Crippen molar-refractivity contribution < 1.29 is 29.0 Å². The van der Waals surface area contributed by atoms with Gasteiger partial charge in [-0.1, -0.05) is 0 Å². The molecule has 9 heteroatoms. The van der Waals surface area contributed by atoms with E-state index < -0.39 is 23.3 Å². The van der Waals surface area contributed by atoms with Gasteiger partial charge < -0.3 is 19.5 Å². The van der Waals surface area contributed by atoms with E-state index in [2.05, 4.69) is 10.9 Å². The van der Waals surface area contributed by atoms with Crippen molar-refractivity contribution >= 4 is 18.2 Å². The Morgan fingerprint density at radius 3 is 1.77 bits per heavy atom. The van der Waals surface area contributed by atoms with Gasteiger partial charge in [0.15, 0.2) is 0 Å². The fraction of sp³-hybridized carbons (Fsp3) is 0.824. The lowest BCUT2D eigenvalue weighted by Gasteiger charge is -2.33. The molecule has 2 amide bonds. The molecular weight excluding hydrogens is 342 g/mol. The number of piperidine rings is 1. The molecule has 0 spiro atoms. The molecule has 0 aliphatic carbocycles. The molecule has 1 fully saturated rings. The normalized spacial score (nSPS) is 15.4. The van der Waals surface area contributed by atoms with Crippen molar-refractivity contribution in [3.63, 3.8) is 0 Å². The molecule has 1 aliphatic heterocycles. The van der Waals surface area contributed by atoms with Crippen LogP contribution in [0.4, 0.5) is 9.59 Å². The second kappa shape index (κ2) is 10.2. The fourth-order valence-electron chi connectivity index (χ4n) is 2.00. The maximum Gasteiger partial charge on any atom is 0.422 e. The smallest absolute Gasteiger partial charge is 0.422 e. The van der Waals surface area contributed by atoms with E-state index in [0.717, 1.165) is 19.8 Å². The summed E-state index contributed by atoms with van der Waals surface area (Å²) in [6.07, 6.45) is 0.706. The average Bonchev–Trinajstić information content (AvgIpc) is 2.41. The zero-order valence-electron chi connectivity index (χ0n) is 16.8. The van der Waals surface area contributed by atoms with Gasteiger partial charge in [-0.25, -0.2) is 15.0 Å². The van der Waals surface area contributed by atoms with Gasteiger partial charge in [-0.15, -0.1) is 0 Å². The molecule has 0 atom stereocenters. The Hall–Kier alpha value is -2.03. The summed E-state index contributed by atoms with van der Waals surface area (Å²) in [5, 5.41) is 7.42. The molecule has 0 aromatic carbocycles. The zero-order valence-corrected chi connectivity index (χ0v) is 16.8. The number of nitrogens with one attached hydrogen (secondary N) is 2. The van der Waals surface area contributed by atoms with E-state index >= 15 is 0 Å². The molecule has 0 aromatic heterocycles. The van der Waals surface area contributed by atoms with Gasteiger partial charge in [-0.2, -0.15) is 0 Å². The molecule has 1 saturated heterocycles. The second-order valence-electron chi connectivity index (χ2n) is 8.03. The van der Waals surface area contributed by atoms with E-state index in [0.29, 0.717) is 13.1 Å². The lowest BCUT2D eigenvalue weighted by atomic mass is 10.1. The maximum absolute atomic E-state index is 11.9. The third-order valence-electron chi connectivity index (χ3n) is 2.92. The van der Waals surface area contributed by atoms with Crippen molar-refractivity contribution in [3.8, 4) is 0 Å². The van der Waals surface area contributed by atoms with Crippen LogP contribution in [0, 0.1) is 0 Å². The summed E-state index contributed by atoms with van der Waals surface area (Å²) in [7, 11) is 0. The number of nitrogens with zero attached hydrogens (tertiary/aromatic N) is 1. The van der Waals surface area contributed by atoms with Gasteiger partial charge >= 0.3 is 12.2 Å². The molecule has 3 N–H and O–H groups in total. The second-order valence-corrected chi connectivity index (χ2v) is 8.03. The Balaban J connectivity index is 0.00000141. The molecular formula is C17H33N3O6. The van der Waals surface area contributed by atoms with Crippen LogP contribution in [-0.2, 0) is 14.3 Å². The predicted molar refractivity (Wildman–Crippen MR) is 96.6 cm³/mol. The number of ether oxygens (including phenoxy) is 2. The molecule has 26 heavy (non-hydrogen) atoms. The van der Waals surface area contributed by atoms with Gasteiger partial charge in [0.1, 0.15) is 11.2 Å². The lowest BCUT2D eigenvalue weighted by Crippen LogP contribution is -2.52. The Morgan fingerprint density at radius 2 is 1.38 bits per heavy atom. The minimum atomic E-state index is -0.833. The number of aliphatic carboxylic acids is 1. The SMILES string of the molecule is CC(=O)O.CC(C)(C)OC(=O)NNC1CCN(C(=O)OC(C)(C)C)CC1. The van der Waals surface area contributed by atoms with Gasteiger partial charge in [0.2, 0.25) is 0 Å². The summed E-state index contributed by atoms with van der Waals surface area (Å²) in [5.41, 5.74) is 4.49. The summed E-state index contributed by atoms with van der Waals surface area (Å²) in [4.78, 5) is 34.2. The summed E-state index contributed by atoms with van der Waals surface area (Å²) in [6, 6.07) is 0.117. The standard InChI is InChI=1S/C15H29N3O4.C2H4O2/c1-14(2,3)21-12(19)17-16-11-7-9-18(10-8-11)13(20)22-15(4,5)6;1-2(3)4/h11,16H,7-10H2,1-6H3,(H,17,19);1H3,(H,3,4). The van der Waals surface area contributed by atoms with Crippen LogP contribution in [-0.4, -0.2) is 58.5 Å². The van der Waals surface area contributed by atoms with Crippen molar-refractivity contribution in [2.45, 2.75) is 78.6 Å². The van der Waals surface area contributed by atoms with Crippen LogP contribution in [0.3, 0.4) is 0 Å². The molecule has 0 radical (unpaired) electrons. The Morgan fingerprint density at radius 1 is 0.962 bits per heavy atom. The molecule has 1 heterocycles. The average molecular weight is 375 g/mol. The van der Waals surface area contributed by atoms with Crippen LogP contribution in [0.2, 0.25) is 0 Å². The number of hydrogen-bond donors (Lipinski definition) is 3. The predicted octanol–water partition coefficient (Wildman–Crippen LogP) is 2.51. The zero-order chi connectivity index (χ0) is 20.5. The van der Waals surface area contributed by atoms with Crippen molar-refractivity contribution in [2.24, 2.45) is 0 Å². The molecule has 0 bridgehead atoms. The first-order chi connectivity index (χ1) is 11.7.